The van der Waals surface area contributed by atoms with Crippen molar-refractivity contribution in [3.8, 4) is 0 Å². The summed E-state index contributed by atoms with van der Waals surface area (Å²) in [5.41, 5.74) is 8.75. The number of ketones is 1. The van der Waals surface area contributed by atoms with Crippen molar-refractivity contribution in [3.05, 3.63) is 65.5 Å². The molecule has 2 unspecified atom stereocenters. The average molecular weight is 254 g/mol. The monoisotopic (exact) mass is 254 g/mol. The summed E-state index contributed by atoms with van der Waals surface area (Å²) >= 11 is 0. The lowest BCUT2D eigenvalue weighted by Crippen LogP contribution is -2.26. The van der Waals surface area contributed by atoms with Crippen molar-refractivity contribution >= 4 is 5.78 Å². The fraction of sp³-hybridized carbons (Fsp3) is 0.250. The van der Waals surface area contributed by atoms with E-state index in [1.165, 1.54) is 0 Å². The molecule has 2 atom stereocenters. The fourth-order valence-electron chi connectivity index (χ4n) is 2.08. The van der Waals surface area contributed by atoms with Crippen LogP contribution in [0.1, 0.15) is 34.5 Å². The second-order valence-corrected chi connectivity index (χ2v) is 4.84. The van der Waals surface area contributed by atoms with Gasteiger partial charge in [0.15, 0.2) is 5.78 Å². The zero-order chi connectivity index (χ0) is 13.8. The number of nitrogens with zero attached hydrogens (tertiary/aromatic N) is 1. The third-order valence-corrected chi connectivity index (χ3v) is 3.30. The molecule has 1 aromatic heterocycles. The Morgan fingerprint density at radius 3 is 2.53 bits per heavy atom. The highest BCUT2D eigenvalue weighted by atomic mass is 16.1. The van der Waals surface area contributed by atoms with Crippen LogP contribution in [0.15, 0.2) is 48.8 Å². The van der Waals surface area contributed by atoms with E-state index in [4.69, 9.17) is 5.73 Å². The number of benzene rings is 1. The van der Waals surface area contributed by atoms with Gasteiger partial charge in [0.05, 0.1) is 0 Å². The van der Waals surface area contributed by atoms with Gasteiger partial charge in [0.2, 0.25) is 0 Å². The van der Waals surface area contributed by atoms with Gasteiger partial charge in [-0.25, -0.2) is 0 Å². The number of hydrogen-bond donors (Lipinski definition) is 1. The molecule has 0 saturated carbocycles. The van der Waals surface area contributed by atoms with Gasteiger partial charge in [-0.05, 0) is 24.1 Å². The molecule has 2 aromatic rings. The van der Waals surface area contributed by atoms with E-state index in [-0.39, 0.29) is 17.7 Å². The molecule has 3 heteroatoms. The van der Waals surface area contributed by atoms with Gasteiger partial charge in [0.1, 0.15) is 0 Å². The van der Waals surface area contributed by atoms with Crippen LogP contribution < -0.4 is 5.73 Å². The van der Waals surface area contributed by atoms with E-state index in [0.29, 0.717) is 5.56 Å². The smallest absolute Gasteiger partial charge is 0.169 e. The van der Waals surface area contributed by atoms with E-state index in [9.17, 15) is 4.79 Å². The molecule has 0 aliphatic heterocycles. The number of aromatic nitrogens is 1. The van der Waals surface area contributed by atoms with Gasteiger partial charge in [0, 0.05) is 29.9 Å². The molecule has 0 amide bonds. The van der Waals surface area contributed by atoms with Crippen molar-refractivity contribution in [2.75, 3.05) is 0 Å². The molecule has 2 rings (SSSR count). The van der Waals surface area contributed by atoms with Crippen LogP contribution in [-0.4, -0.2) is 10.8 Å². The van der Waals surface area contributed by atoms with E-state index in [1.54, 1.807) is 12.4 Å². The molecule has 0 aliphatic carbocycles. The first kappa shape index (κ1) is 13.4. The summed E-state index contributed by atoms with van der Waals surface area (Å²) in [4.78, 5) is 16.4. The number of aryl methyl sites for hydroxylation is 1. The third-order valence-electron chi connectivity index (χ3n) is 3.30. The first-order valence-corrected chi connectivity index (χ1v) is 6.36. The Morgan fingerprint density at radius 2 is 1.89 bits per heavy atom. The van der Waals surface area contributed by atoms with Crippen LogP contribution in [0.2, 0.25) is 0 Å². The number of Topliss-reactive ketones (excluding diaryl/α,β-unsaturated/α-hetero) is 1. The van der Waals surface area contributed by atoms with Crippen LogP contribution in [0.3, 0.4) is 0 Å². The van der Waals surface area contributed by atoms with Gasteiger partial charge in [0.25, 0.3) is 0 Å². The topological polar surface area (TPSA) is 56.0 Å². The molecule has 98 valence electrons. The molecule has 0 aliphatic rings. The van der Waals surface area contributed by atoms with Gasteiger partial charge in [-0.2, -0.15) is 0 Å². The van der Waals surface area contributed by atoms with Gasteiger partial charge in [-0.3, -0.25) is 9.78 Å². The van der Waals surface area contributed by atoms with Crippen molar-refractivity contribution < 1.29 is 4.79 Å². The summed E-state index contributed by atoms with van der Waals surface area (Å²) in [6, 6.07) is 11.2. The number of nitrogens with two attached hydrogens (primary N) is 1. The lowest BCUT2D eigenvalue weighted by atomic mass is 9.89. The third kappa shape index (κ3) is 3.06. The van der Waals surface area contributed by atoms with E-state index in [2.05, 4.69) is 4.98 Å². The van der Waals surface area contributed by atoms with Crippen LogP contribution in [0.5, 0.6) is 0 Å². The standard InChI is InChI=1S/C16H18N2O/c1-11-8-14(10-18-9-11)16(19)12(2)15(17)13-6-4-3-5-7-13/h3-10,12,15H,17H2,1-2H3. The number of hydrogen-bond acceptors (Lipinski definition) is 3. The number of rotatable bonds is 4. The van der Waals surface area contributed by atoms with E-state index in [1.807, 2.05) is 50.2 Å². The summed E-state index contributed by atoms with van der Waals surface area (Å²) in [6.45, 7) is 3.79. The molecule has 0 saturated heterocycles. The van der Waals surface area contributed by atoms with E-state index >= 15 is 0 Å². The Kier molecular flexibility index (Phi) is 4.07. The molecule has 1 aromatic carbocycles. The van der Waals surface area contributed by atoms with Crippen LogP contribution >= 0.6 is 0 Å². The highest BCUT2D eigenvalue weighted by molar-refractivity contribution is 5.98. The Labute approximate surface area is 113 Å². The summed E-state index contributed by atoms with van der Waals surface area (Å²) in [5, 5.41) is 0. The molecule has 0 spiro atoms. The van der Waals surface area contributed by atoms with E-state index in [0.717, 1.165) is 11.1 Å². The number of pyridine rings is 1. The summed E-state index contributed by atoms with van der Waals surface area (Å²) < 4.78 is 0. The molecule has 1 heterocycles. The Hall–Kier alpha value is -2.00. The minimum absolute atomic E-state index is 0.0348. The Balaban J connectivity index is 2.20. The summed E-state index contributed by atoms with van der Waals surface area (Å²) in [7, 11) is 0. The summed E-state index contributed by atoms with van der Waals surface area (Å²) in [6.07, 6.45) is 3.34. The number of carbonyl (C=O) groups is 1. The molecule has 0 bridgehead atoms. The van der Waals surface area contributed by atoms with Crippen molar-refractivity contribution in [3.63, 3.8) is 0 Å². The van der Waals surface area contributed by atoms with E-state index < -0.39 is 0 Å². The first-order chi connectivity index (χ1) is 9.09. The predicted octanol–water partition coefficient (Wildman–Crippen LogP) is 2.91. The molecule has 0 radical (unpaired) electrons. The minimum Gasteiger partial charge on any atom is -0.323 e. The number of carbonyl (C=O) groups excluding carboxylic acids is 1. The second kappa shape index (κ2) is 5.76. The molecule has 3 nitrogen and oxygen atoms in total. The fourth-order valence-corrected chi connectivity index (χ4v) is 2.08. The Bertz CT molecular complexity index is 566. The highest BCUT2D eigenvalue weighted by Gasteiger charge is 2.23. The largest absolute Gasteiger partial charge is 0.323 e. The quantitative estimate of drug-likeness (QED) is 0.853. The minimum atomic E-state index is -0.297. The lowest BCUT2D eigenvalue weighted by Gasteiger charge is -2.19. The zero-order valence-corrected chi connectivity index (χ0v) is 11.2. The first-order valence-electron chi connectivity index (χ1n) is 6.36. The highest BCUT2D eigenvalue weighted by Crippen LogP contribution is 2.22. The molecular weight excluding hydrogens is 236 g/mol. The van der Waals surface area contributed by atoms with Gasteiger partial charge in [-0.1, -0.05) is 37.3 Å². The maximum atomic E-state index is 12.4. The summed E-state index contributed by atoms with van der Waals surface area (Å²) in [5.74, 6) is -0.237. The molecular formula is C16H18N2O. The normalized spacial score (nSPS) is 13.8. The zero-order valence-electron chi connectivity index (χ0n) is 11.2. The molecule has 0 fully saturated rings. The Morgan fingerprint density at radius 1 is 1.21 bits per heavy atom. The molecule has 2 N–H and O–H groups in total. The van der Waals surface area contributed by atoms with Crippen molar-refractivity contribution in [1.29, 1.82) is 0 Å². The van der Waals surface area contributed by atoms with Crippen molar-refractivity contribution in [1.82, 2.24) is 4.98 Å². The van der Waals surface area contributed by atoms with Gasteiger partial charge in [-0.15, -0.1) is 0 Å². The van der Waals surface area contributed by atoms with Crippen molar-refractivity contribution in [2.45, 2.75) is 19.9 Å². The average Bonchev–Trinajstić information content (AvgIpc) is 2.46. The molecule has 19 heavy (non-hydrogen) atoms. The SMILES string of the molecule is Cc1cncc(C(=O)C(C)C(N)c2ccccc2)c1. The van der Waals surface area contributed by atoms with Gasteiger partial charge < -0.3 is 5.73 Å². The lowest BCUT2D eigenvalue weighted by molar-refractivity contribution is 0.0912. The van der Waals surface area contributed by atoms with Crippen LogP contribution in [0.25, 0.3) is 0 Å². The van der Waals surface area contributed by atoms with Crippen LogP contribution in [-0.2, 0) is 0 Å². The van der Waals surface area contributed by atoms with Crippen LogP contribution in [0, 0.1) is 12.8 Å². The second-order valence-electron chi connectivity index (χ2n) is 4.84. The maximum Gasteiger partial charge on any atom is 0.169 e. The van der Waals surface area contributed by atoms with Crippen LogP contribution in [0.4, 0.5) is 0 Å². The maximum absolute atomic E-state index is 12.4. The predicted molar refractivity (Wildman–Crippen MR) is 75.8 cm³/mol. The van der Waals surface area contributed by atoms with Gasteiger partial charge >= 0.3 is 0 Å². The van der Waals surface area contributed by atoms with Crippen molar-refractivity contribution in [2.24, 2.45) is 11.7 Å².